The summed E-state index contributed by atoms with van der Waals surface area (Å²) >= 11 is 17.9. The van der Waals surface area contributed by atoms with Crippen molar-refractivity contribution in [3.8, 4) is 0 Å². The zero-order chi connectivity index (χ0) is 21.4. The van der Waals surface area contributed by atoms with Crippen LogP contribution in [0.4, 0.5) is 11.4 Å². The molecule has 0 unspecified atom stereocenters. The van der Waals surface area contributed by atoms with Crippen molar-refractivity contribution in [3.63, 3.8) is 0 Å². The van der Waals surface area contributed by atoms with Crippen LogP contribution in [0, 0.1) is 0 Å². The second-order valence-electron chi connectivity index (χ2n) is 6.52. The van der Waals surface area contributed by atoms with Gasteiger partial charge in [-0.3, -0.25) is 9.59 Å². The van der Waals surface area contributed by atoms with Gasteiger partial charge in [-0.2, -0.15) is 0 Å². The molecule has 0 radical (unpaired) electrons. The third kappa shape index (κ3) is 6.81. The number of benzene rings is 2. The number of halogens is 3. The van der Waals surface area contributed by atoms with Gasteiger partial charge in [0.2, 0.25) is 5.91 Å². The molecule has 0 aliphatic heterocycles. The molecule has 0 fully saturated rings. The first-order valence-electron chi connectivity index (χ1n) is 9.43. The minimum absolute atomic E-state index is 0.0206. The molecule has 2 rings (SSSR count). The van der Waals surface area contributed by atoms with Gasteiger partial charge in [-0.25, -0.2) is 0 Å². The molecule has 29 heavy (non-hydrogen) atoms. The van der Waals surface area contributed by atoms with E-state index in [1.807, 2.05) is 4.90 Å². The van der Waals surface area contributed by atoms with Gasteiger partial charge in [-0.05, 0) is 49.2 Å². The van der Waals surface area contributed by atoms with E-state index in [-0.39, 0.29) is 18.4 Å². The average Bonchev–Trinajstić information content (AvgIpc) is 2.70. The molecule has 8 heteroatoms. The zero-order valence-corrected chi connectivity index (χ0v) is 18.7. The lowest BCUT2D eigenvalue weighted by molar-refractivity contribution is -0.114. The number of anilines is 2. The lowest BCUT2D eigenvalue weighted by atomic mass is 10.1. The standard InChI is InChI=1S/C21H24Cl3N3O2/c1-3-9-27(10-4-2)21(29)14-5-7-15(8-6-14)25-13-20(28)26-19-12-17(23)16(22)11-18(19)24/h5-8,11-12,25H,3-4,9-10,13H2,1-2H3,(H,26,28). The van der Waals surface area contributed by atoms with Crippen LogP contribution in [0.3, 0.4) is 0 Å². The summed E-state index contributed by atoms with van der Waals surface area (Å²) in [5.74, 6) is -0.269. The van der Waals surface area contributed by atoms with Crippen LogP contribution in [0.1, 0.15) is 37.0 Å². The number of amides is 2. The lowest BCUT2D eigenvalue weighted by Crippen LogP contribution is -2.32. The summed E-state index contributed by atoms with van der Waals surface area (Å²) in [5, 5.41) is 6.63. The highest BCUT2D eigenvalue weighted by Gasteiger charge is 2.14. The second kappa shape index (κ2) is 11.3. The number of nitrogens with zero attached hydrogens (tertiary/aromatic N) is 1. The molecular formula is C21H24Cl3N3O2. The maximum Gasteiger partial charge on any atom is 0.253 e. The van der Waals surface area contributed by atoms with Crippen molar-refractivity contribution in [2.45, 2.75) is 26.7 Å². The predicted molar refractivity (Wildman–Crippen MR) is 122 cm³/mol. The molecule has 0 aromatic heterocycles. The van der Waals surface area contributed by atoms with Crippen molar-refractivity contribution in [1.82, 2.24) is 4.90 Å². The van der Waals surface area contributed by atoms with Gasteiger partial charge in [0.05, 0.1) is 27.3 Å². The van der Waals surface area contributed by atoms with E-state index in [0.29, 0.717) is 26.3 Å². The topological polar surface area (TPSA) is 61.4 Å². The Kier molecular flexibility index (Phi) is 9.08. The summed E-state index contributed by atoms with van der Waals surface area (Å²) in [5.41, 5.74) is 1.75. The molecule has 0 heterocycles. The Morgan fingerprint density at radius 2 is 1.48 bits per heavy atom. The number of hydrogen-bond donors (Lipinski definition) is 2. The van der Waals surface area contributed by atoms with Gasteiger partial charge in [-0.1, -0.05) is 48.7 Å². The van der Waals surface area contributed by atoms with Gasteiger partial charge < -0.3 is 15.5 Å². The number of rotatable bonds is 9. The van der Waals surface area contributed by atoms with Gasteiger partial charge in [0.15, 0.2) is 0 Å². The van der Waals surface area contributed by atoms with E-state index in [2.05, 4.69) is 24.5 Å². The predicted octanol–water partition coefficient (Wildman–Crippen LogP) is 5.96. The molecule has 0 saturated carbocycles. The average molecular weight is 457 g/mol. The zero-order valence-electron chi connectivity index (χ0n) is 16.4. The monoisotopic (exact) mass is 455 g/mol. The fourth-order valence-electron chi connectivity index (χ4n) is 2.76. The molecular weight excluding hydrogens is 433 g/mol. The highest BCUT2D eigenvalue weighted by molar-refractivity contribution is 6.44. The molecule has 5 nitrogen and oxygen atoms in total. The van der Waals surface area contributed by atoms with Crippen LogP contribution < -0.4 is 10.6 Å². The van der Waals surface area contributed by atoms with Gasteiger partial charge >= 0.3 is 0 Å². The van der Waals surface area contributed by atoms with E-state index in [1.165, 1.54) is 12.1 Å². The molecule has 2 N–H and O–H groups in total. The van der Waals surface area contributed by atoms with Crippen LogP contribution in [0.2, 0.25) is 15.1 Å². The second-order valence-corrected chi connectivity index (χ2v) is 7.74. The Hall–Kier alpha value is -1.95. The molecule has 2 aromatic rings. The number of nitrogens with one attached hydrogen (secondary N) is 2. The van der Waals surface area contributed by atoms with Crippen molar-refractivity contribution in [2.75, 3.05) is 30.3 Å². The fraction of sp³-hybridized carbons (Fsp3) is 0.333. The molecule has 0 saturated heterocycles. The third-order valence-corrected chi connectivity index (χ3v) is 5.18. The van der Waals surface area contributed by atoms with Crippen molar-refractivity contribution in [3.05, 3.63) is 57.0 Å². The molecule has 0 spiro atoms. The molecule has 0 aliphatic carbocycles. The third-order valence-electron chi connectivity index (χ3n) is 4.14. The Labute approximate surface area is 186 Å². The van der Waals surface area contributed by atoms with Gasteiger partial charge in [0, 0.05) is 24.3 Å². The van der Waals surface area contributed by atoms with E-state index in [1.54, 1.807) is 24.3 Å². The van der Waals surface area contributed by atoms with Gasteiger partial charge in [0.25, 0.3) is 5.91 Å². The molecule has 156 valence electrons. The highest BCUT2D eigenvalue weighted by atomic mass is 35.5. The maximum absolute atomic E-state index is 12.6. The van der Waals surface area contributed by atoms with Crippen LogP contribution in [-0.2, 0) is 4.79 Å². The summed E-state index contributed by atoms with van der Waals surface area (Å²) in [7, 11) is 0. The SMILES string of the molecule is CCCN(CCC)C(=O)c1ccc(NCC(=O)Nc2cc(Cl)c(Cl)cc2Cl)cc1. The van der Waals surface area contributed by atoms with E-state index in [4.69, 9.17) is 34.8 Å². The van der Waals surface area contributed by atoms with E-state index in [9.17, 15) is 9.59 Å². The summed E-state index contributed by atoms with van der Waals surface area (Å²) in [6.07, 6.45) is 1.84. The van der Waals surface area contributed by atoms with Crippen LogP contribution >= 0.6 is 34.8 Å². The molecule has 2 aromatic carbocycles. The van der Waals surface area contributed by atoms with E-state index in [0.717, 1.165) is 31.6 Å². The minimum Gasteiger partial charge on any atom is -0.376 e. The van der Waals surface area contributed by atoms with Gasteiger partial charge in [0.1, 0.15) is 0 Å². The first-order chi connectivity index (χ1) is 13.8. The Balaban J connectivity index is 1.93. The first kappa shape index (κ1) is 23.3. The lowest BCUT2D eigenvalue weighted by Gasteiger charge is -2.21. The van der Waals surface area contributed by atoms with Crippen molar-refractivity contribution >= 4 is 58.0 Å². The molecule has 2 amide bonds. The normalized spacial score (nSPS) is 10.5. The van der Waals surface area contributed by atoms with Crippen LogP contribution in [0.5, 0.6) is 0 Å². The Morgan fingerprint density at radius 1 is 0.897 bits per heavy atom. The van der Waals surface area contributed by atoms with Crippen LogP contribution in [0.15, 0.2) is 36.4 Å². The number of carbonyl (C=O) groups excluding carboxylic acids is 2. The van der Waals surface area contributed by atoms with E-state index < -0.39 is 0 Å². The number of hydrogen-bond acceptors (Lipinski definition) is 3. The van der Waals surface area contributed by atoms with E-state index >= 15 is 0 Å². The Bertz CT molecular complexity index is 851. The fourth-order valence-corrected chi connectivity index (χ4v) is 3.36. The Morgan fingerprint density at radius 3 is 2.07 bits per heavy atom. The smallest absolute Gasteiger partial charge is 0.253 e. The van der Waals surface area contributed by atoms with Crippen LogP contribution in [-0.4, -0.2) is 36.3 Å². The van der Waals surface area contributed by atoms with Gasteiger partial charge in [-0.15, -0.1) is 0 Å². The summed E-state index contributed by atoms with van der Waals surface area (Å²) in [6, 6.07) is 10.1. The summed E-state index contributed by atoms with van der Waals surface area (Å²) in [6.45, 7) is 5.62. The van der Waals surface area contributed by atoms with Crippen molar-refractivity contribution < 1.29 is 9.59 Å². The number of carbonyl (C=O) groups is 2. The molecule has 0 aliphatic rings. The molecule has 0 atom stereocenters. The maximum atomic E-state index is 12.6. The first-order valence-corrected chi connectivity index (χ1v) is 10.6. The van der Waals surface area contributed by atoms with Crippen LogP contribution in [0.25, 0.3) is 0 Å². The largest absolute Gasteiger partial charge is 0.376 e. The quantitative estimate of drug-likeness (QED) is 0.458. The van der Waals surface area contributed by atoms with Crippen molar-refractivity contribution in [1.29, 1.82) is 0 Å². The minimum atomic E-state index is -0.289. The molecule has 0 bridgehead atoms. The highest BCUT2D eigenvalue weighted by Crippen LogP contribution is 2.32. The summed E-state index contributed by atoms with van der Waals surface area (Å²) in [4.78, 5) is 26.6. The van der Waals surface area contributed by atoms with Crippen molar-refractivity contribution in [2.24, 2.45) is 0 Å². The summed E-state index contributed by atoms with van der Waals surface area (Å²) < 4.78 is 0.